The lowest BCUT2D eigenvalue weighted by Gasteiger charge is -2.22. The number of hydrogen-bond acceptors (Lipinski definition) is 6. The molecule has 6 heteroatoms. The molecule has 2 unspecified atom stereocenters. The van der Waals surface area contributed by atoms with Crippen LogP contribution >= 0.6 is 0 Å². The molecule has 0 aliphatic heterocycles. The Balaban J connectivity index is 0. The highest BCUT2D eigenvalue weighted by atomic mass is 16.5. The smallest absolute Gasteiger partial charge is 0.305 e. The lowest BCUT2D eigenvalue weighted by Crippen LogP contribution is -2.27. The largest absolute Gasteiger partial charge is 0.469 e. The number of aliphatic hydroxyl groups is 1. The molecule has 0 aliphatic carbocycles. The Hall–Kier alpha value is -1.14. The minimum Gasteiger partial charge on any atom is -0.469 e. The van der Waals surface area contributed by atoms with E-state index < -0.39 is 0 Å². The maximum absolute atomic E-state index is 12.4. The normalized spacial score (nSPS) is 12.4. The zero-order valence-electron chi connectivity index (χ0n) is 39.7. The van der Waals surface area contributed by atoms with Crippen molar-refractivity contribution < 1.29 is 24.2 Å². The van der Waals surface area contributed by atoms with Crippen LogP contribution < -0.4 is 0 Å². The minimum atomic E-state index is -0.152. The molecule has 57 heavy (non-hydrogen) atoms. The van der Waals surface area contributed by atoms with Crippen molar-refractivity contribution in [2.75, 3.05) is 40.0 Å². The fraction of sp³-hybridized carbons (Fsp3) is 0.961. The first-order chi connectivity index (χ1) is 27.9. The molecule has 0 radical (unpaired) electrons. The molecule has 6 nitrogen and oxygen atoms in total. The van der Waals surface area contributed by atoms with Crippen LogP contribution in [0.5, 0.6) is 0 Å². The summed E-state index contributed by atoms with van der Waals surface area (Å²) in [7, 11) is 1.43. The molecular weight excluding hydrogens is 707 g/mol. The third-order valence-corrected chi connectivity index (χ3v) is 11.8. The Kier molecular flexibility index (Phi) is 50.0. The van der Waals surface area contributed by atoms with Gasteiger partial charge in [0.2, 0.25) is 0 Å². The average Bonchev–Trinajstić information content (AvgIpc) is 3.21. The molecule has 0 aromatic carbocycles. The number of carbonyl (C=O) groups is 2. The number of nitrogens with zero attached hydrogens (tertiary/aromatic N) is 1. The number of methoxy groups -OCH3 is 1. The van der Waals surface area contributed by atoms with Crippen LogP contribution in [-0.4, -0.2) is 61.9 Å². The van der Waals surface area contributed by atoms with Gasteiger partial charge in [0, 0.05) is 19.4 Å². The molecule has 0 aromatic rings. The van der Waals surface area contributed by atoms with E-state index in [1.807, 2.05) is 0 Å². The molecule has 0 heterocycles. The molecule has 0 bridgehead atoms. The number of esters is 2. The maximum atomic E-state index is 12.4. The van der Waals surface area contributed by atoms with Gasteiger partial charge in [-0.05, 0) is 82.8 Å². The van der Waals surface area contributed by atoms with Gasteiger partial charge in [0.15, 0.2) is 0 Å². The molecular formula is C51H103NO5. The van der Waals surface area contributed by atoms with Gasteiger partial charge in [0.25, 0.3) is 0 Å². The molecule has 0 spiro atoms. The van der Waals surface area contributed by atoms with E-state index in [2.05, 4.69) is 39.5 Å². The van der Waals surface area contributed by atoms with E-state index in [9.17, 15) is 9.59 Å². The summed E-state index contributed by atoms with van der Waals surface area (Å²) in [6.45, 7) is 15.2. The fourth-order valence-corrected chi connectivity index (χ4v) is 7.81. The maximum Gasteiger partial charge on any atom is 0.305 e. The second-order valence-corrected chi connectivity index (χ2v) is 17.6. The molecule has 1 N–H and O–H groups in total. The van der Waals surface area contributed by atoms with E-state index >= 15 is 0 Å². The first-order valence-corrected chi connectivity index (χ1v) is 25.4. The van der Waals surface area contributed by atoms with Crippen LogP contribution in [0.15, 0.2) is 0 Å². The number of ether oxygens (including phenoxy) is 2. The van der Waals surface area contributed by atoms with Crippen LogP contribution in [0.1, 0.15) is 266 Å². The molecule has 0 saturated carbocycles. The van der Waals surface area contributed by atoms with Gasteiger partial charge in [0.05, 0.1) is 13.7 Å². The van der Waals surface area contributed by atoms with E-state index in [0.717, 1.165) is 64.1 Å². The van der Waals surface area contributed by atoms with E-state index in [4.69, 9.17) is 14.6 Å². The molecule has 342 valence electrons. The predicted molar refractivity (Wildman–Crippen MR) is 248 cm³/mol. The summed E-state index contributed by atoms with van der Waals surface area (Å²) >= 11 is 0. The zero-order valence-corrected chi connectivity index (χ0v) is 39.7. The van der Waals surface area contributed by atoms with Crippen molar-refractivity contribution in [1.82, 2.24) is 4.90 Å². The number of rotatable bonds is 44. The summed E-state index contributed by atoms with van der Waals surface area (Å²) in [6.07, 6.45) is 44.9. The average molecular weight is 810 g/mol. The third kappa shape index (κ3) is 47.4. The van der Waals surface area contributed by atoms with Crippen molar-refractivity contribution in [3.05, 3.63) is 0 Å². The first kappa shape index (κ1) is 58.0. The Labute approximate surface area is 357 Å². The standard InChI is InChI=1S/C31H61NO5.C20H42/c1-4-6-8-10-11-13-21-29(20-12-9-7-5-2)28-37-31(35)23-15-17-25-32(26-18-19-27-33)24-16-14-22-30(34)36-3;1-4-6-8-10-11-12-13-15-17-19-20(3)18-16-14-9-7-5-2/h29,33H,4-28H2,1-3H3;20H,4-19H2,1-3H3. The van der Waals surface area contributed by atoms with Crippen LogP contribution in [0.3, 0.4) is 0 Å². The topological polar surface area (TPSA) is 76.1 Å². The quantitative estimate of drug-likeness (QED) is 0.0488. The summed E-state index contributed by atoms with van der Waals surface area (Å²) in [5.74, 6) is 1.28. The Morgan fingerprint density at radius 3 is 1.21 bits per heavy atom. The van der Waals surface area contributed by atoms with Crippen LogP contribution in [0.4, 0.5) is 0 Å². The van der Waals surface area contributed by atoms with Gasteiger partial charge >= 0.3 is 11.9 Å². The highest BCUT2D eigenvalue weighted by molar-refractivity contribution is 5.69. The van der Waals surface area contributed by atoms with Crippen LogP contribution in [0, 0.1) is 11.8 Å². The molecule has 0 fully saturated rings. The van der Waals surface area contributed by atoms with E-state index in [-0.39, 0.29) is 18.5 Å². The second-order valence-electron chi connectivity index (χ2n) is 17.6. The highest BCUT2D eigenvalue weighted by Gasteiger charge is 2.13. The van der Waals surface area contributed by atoms with Crippen molar-refractivity contribution in [1.29, 1.82) is 0 Å². The van der Waals surface area contributed by atoms with Gasteiger partial charge in [-0.15, -0.1) is 0 Å². The SMILES string of the molecule is CCCCCCCCC(CCCCCC)COC(=O)CCCCN(CCCCO)CCCCC(=O)OC.CCCCCCCCCCCC(C)CCCCCCC. The van der Waals surface area contributed by atoms with Crippen molar-refractivity contribution in [3.8, 4) is 0 Å². The van der Waals surface area contributed by atoms with Gasteiger partial charge in [-0.3, -0.25) is 9.59 Å². The first-order valence-electron chi connectivity index (χ1n) is 25.4. The molecule has 0 aromatic heterocycles. The van der Waals surface area contributed by atoms with Crippen molar-refractivity contribution in [2.24, 2.45) is 11.8 Å². The lowest BCUT2D eigenvalue weighted by atomic mass is 9.95. The van der Waals surface area contributed by atoms with Crippen LogP contribution in [0.25, 0.3) is 0 Å². The van der Waals surface area contributed by atoms with Crippen LogP contribution in [0.2, 0.25) is 0 Å². The molecule has 2 atom stereocenters. The third-order valence-electron chi connectivity index (χ3n) is 11.8. The monoisotopic (exact) mass is 810 g/mol. The van der Waals surface area contributed by atoms with Gasteiger partial charge < -0.3 is 19.5 Å². The molecule has 0 aliphatic rings. The van der Waals surface area contributed by atoms with Gasteiger partial charge in [-0.2, -0.15) is 0 Å². The Bertz CT molecular complexity index is 792. The van der Waals surface area contributed by atoms with Gasteiger partial charge in [-0.1, -0.05) is 202 Å². The fourth-order valence-electron chi connectivity index (χ4n) is 7.81. The minimum absolute atomic E-state index is 0.0496. The highest BCUT2D eigenvalue weighted by Crippen LogP contribution is 2.21. The van der Waals surface area contributed by atoms with E-state index in [1.165, 1.54) is 187 Å². The Morgan fingerprint density at radius 2 is 0.807 bits per heavy atom. The summed E-state index contributed by atoms with van der Waals surface area (Å²) in [5, 5.41) is 9.09. The number of aliphatic hydroxyl groups excluding tert-OH is 1. The summed E-state index contributed by atoms with van der Waals surface area (Å²) in [5.41, 5.74) is 0. The number of unbranched alkanes of at least 4 members (excludes halogenated alkanes) is 23. The second kappa shape index (κ2) is 49.2. The number of hydrogen-bond donors (Lipinski definition) is 1. The van der Waals surface area contributed by atoms with Gasteiger partial charge in [-0.25, -0.2) is 0 Å². The lowest BCUT2D eigenvalue weighted by molar-refractivity contribution is -0.145. The van der Waals surface area contributed by atoms with Crippen molar-refractivity contribution >= 4 is 11.9 Å². The van der Waals surface area contributed by atoms with Crippen LogP contribution in [-0.2, 0) is 19.1 Å². The van der Waals surface area contributed by atoms with Crippen molar-refractivity contribution in [2.45, 2.75) is 266 Å². The van der Waals surface area contributed by atoms with E-state index in [0.29, 0.717) is 25.4 Å². The summed E-state index contributed by atoms with van der Waals surface area (Å²) in [6, 6.07) is 0. The summed E-state index contributed by atoms with van der Waals surface area (Å²) < 4.78 is 10.4. The zero-order chi connectivity index (χ0) is 42.3. The molecule has 0 rings (SSSR count). The van der Waals surface area contributed by atoms with E-state index in [1.54, 1.807) is 0 Å². The Morgan fingerprint density at radius 1 is 0.456 bits per heavy atom. The molecule has 0 saturated heterocycles. The molecule has 0 amide bonds. The number of carbonyl (C=O) groups excluding carboxylic acids is 2. The van der Waals surface area contributed by atoms with Crippen molar-refractivity contribution in [3.63, 3.8) is 0 Å². The van der Waals surface area contributed by atoms with Gasteiger partial charge in [0.1, 0.15) is 0 Å². The summed E-state index contributed by atoms with van der Waals surface area (Å²) in [4.78, 5) is 26.1. The predicted octanol–water partition coefficient (Wildman–Crippen LogP) is 15.4.